The fourth-order valence-corrected chi connectivity index (χ4v) is 0.819. The Hall–Kier alpha value is -1.85. The lowest BCUT2D eigenvalue weighted by Crippen LogP contribution is -2.12. The number of anilines is 1. The average Bonchev–Trinajstić information content (AvgIpc) is 2.34. The maximum atomic E-state index is 10.7. The van der Waals surface area contributed by atoms with Crippen molar-refractivity contribution in [2.24, 2.45) is 0 Å². The molecule has 55 valence electrons. The number of H-pyrrole nitrogens is 2. The highest BCUT2D eigenvalue weighted by Gasteiger charge is 2.02. The number of fused-ring (bicyclic) bond motifs is 1. The highest BCUT2D eigenvalue weighted by molar-refractivity contribution is 5.80. The fraction of sp³-hybridized carbons (Fsp3) is 0. The van der Waals surface area contributed by atoms with Crippen molar-refractivity contribution >= 4 is 17.0 Å². The molecular weight excluding hydrogens is 146 g/mol. The van der Waals surface area contributed by atoms with Gasteiger partial charge in [0.15, 0.2) is 12.0 Å². The Labute approximate surface area is 60.5 Å². The average molecular weight is 150 g/mol. The molecular formula is C5H4N5O. The Morgan fingerprint density at radius 3 is 3.18 bits per heavy atom. The molecule has 0 aliphatic heterocycles. The molecule has 0 spiro atoms. The zero-order valence-electron chi connectivity index (χ0n) is 5.38. The summed E-state index contributed by atoms with van der Waals surface area (Å²) in [6, 6.07) is 0. The number of nitrogens with zero attached hydrogens (tertiary/aromatic N) is 2. The molecule has 0 aromatic carbocycles. The van der Waals surface area contributed by atoms with E-state index < -0.39 is 5.69 Å². The fourth-order valence-electron chi connectivity index (χ4n) is 0.819. The molecule has 2 aromatic heterocycles. The van der Waals surface area contributed by atoms with Crippen LogP contribution >= 0.6 is 0 Å². The first-order valence-electron chi connectivity index (χ1n) is 2.89. The minimum absolute atomic E-state index is 0.230. The minimum atomic E-state index is -0.504. The Bertz CT molecular complexity index is 441. The van der Waals surface area contributed by atoms with Gasteiger partial charge < -0.3 is 10.7 Å². The second kappa shape index (κ2) is 1.82. The van der Waals surface area contributed by atoms with Gasteiger partial charge in [0.05, 0.1) is 0 Å². The van der Waals surface area contributed by atoms with Gasteiger partial charge in [-0.05, 0) is 0 Å². The number of nitrogens with one attached hydrogen (secondary N) is 2. The Kier molecular flexibility index (Phi) is 0.974. The van der Waals surface area contributed by atoms with Crippen molar-refractivity contribution in [3.8, 4) is 0 Å². The summed E-state index contributed by atoms with van der Waals surface area (Å²) < 4.78 is 0. The molecule has 2 heterocycles. The van der Waals surface area contributed by atoms with Crippen LogP contribution in [0.1, 0.15) is 0 Å². The molecule has 6 heteroatoms. The van der Waals surface area contributed by atoms with E-state index in [0.29, 0.717) is 5.52 Å². The Morgan fingerprint density at radius 2 is 2.36 bits per heavy atom. The number of nitrogen functional groups attached to an aromatic ring is 1. The normalized spacial score (nSPS) is 10.5. The van der Waals surface area contributed by atoms with E-state index in [-0.39, 0.29) is 11.5 Å². The van der Waals surface area contributed by atoms with Crippen LogP contribution in [0.5, 0.6) is 0 Å². The van der Waals surface area contributed by atoms with E-state index in [9.17, 15) is 4.79 Å². The van der Waals surface area contributed by atoms with Gasteiger partial charge >= 0.3 is 5.69 Å². The van der Waals surface area contributed by atoms with E-state index >= 15 is 0 Å². The van der Waals surface area contributed by atoms with Gasteiger partial charge in [-0.15, -0.1) is 0 Å². The first-order valence-corrected chi connectivity index (χ1v) is 2.89. The topological polar surface area (TPSA) is 100 Å². The van der Waals surface area contributed by atoms with Crippen molar-refractivity contribution in [3.63, 3.8) is 0 Å². The lowest BCUT2D eigenvalue weighted by molar-refractivity contribution is 1.11. The molecule has 0 atom stereocenters. The molecule has 0 saturated carbocycles. The SMILES string of the molecule is Nc1[nH]c(=O)nc2n[c][nH]c12. The first-order chi connectivity index (χ1) is 5.27. The van der Waals surface area contributed by atoms with Crippen LogP contribution in [0.25, 0.3) is 11.2 Å². The van der Waals surface area contributed by atoms with Crippen molar-refractivity contribution in [1.82, 2.24) is 19.9 Å². The van der Waals surface area contributed by atoms with Crippen LogP contribution in [-0.2, 0) is 0 Å². The molecule has 4 N–H and O–H groups in total. The zero-order chi connectivity index (χ0) is 7.84. The number of aromatic amines is 2. The number of rotatable bonds is 0. The van der Waals surface area contributed by atoms with E-state index in [2.05, 4.69) is 26.3 Å². The quantitative estimate of drug-likeness (QED) is 0.449. The molecule has 2 aromatic rings. The van der Waals surface area contributed by atoms with Crippen LogP contribution < -0.4 is 11.4 Å². The largest absolute Gasteiger partial charge is 0.383 e. The predicted octanol–water partition coefficient (Wildman–Crippen LogP) is -0.971. The van der Waals surface area contributed by atoms with Crippen LogP contribution in [0.2, 0.25) is 0 Å². The summed E-state index contributed by atoms with van der Waals surface area (Å²) in [6.07, 6.45) is 2.43. The van der Waals surface area contributed by atoms with Crippen LogP contribution in [-0.4, -0.2) is 19.9 Å². The summed E-state index contributed by atoms with van der Waals surface area (Å²) in [6.45, 7) is 0. The summed E-state index contributed by atoms with van der Waals surface area (Å²) in [5.41, 5.74) is 5.70. The van der Waals surface area contributed by atoms with Crippen molar-refractivity contribution in [3.05, 3.63) is 16.8 Å². The molecule has 0 unspecified atom stereocenters. The zero-order valence-corrected chi connectivity index (χ0v) is 5.38. The number of nitrogens with two attached hydrogens (primary N) is 1. The molecule has 0 saturated heterocycles. The van der Waals surface area contributed by atoms with Gasteiger partial charge in [0.1, 0.15) is 11.3 Å². The van der Waals surface area contributed by atoms with Gasteiger partial charge in [-0.25, -0.2) is 9.78 Å². The lowest BCUT2D eigenvalue weighted by atomic mass is 10.5. The van der Waals surface area contributed by atoms with Gasteiger partial charge in [-0.1, -0.05) is 0 Å². The Morgan fingerprint density at radius 1 is 1.55 bits per heavy atom. The highest BCUT2D eigenvalue weighted by Crippen LogP contribution is 2.07. The number of aromatic nitrogens is 4. The van der Waals surface area contributed by atoms with E-state index in [1.54, 1.807) is 0 Å². The summed E-state index contributed by atoms with van der Waals surface area (Å²) in [5, 5.41) is 0. The lowest BCUT2D eigenvalue weighted by Gasteiger charge is -1.90. The van der Waals surface area contributed by atoms with Crippen molar-refractivity contribution in [2.45, 2.75) is 0 Å². The van der Waals surface area contributed by atoms with Gasteiger partial charge in [-0.3, -0.25) is 4.98 Å². The van der Waals surface area contributed by atoms with Crippen molar-refractivity contribution in [2.75, 3.05) is 5.73 Å². The molecule has 11 heavy (non-hydrogen) atoms. The smallest absolute Gasteiger partial charge is 0.348 e. The number of hydrogen-bond acceptors (Lipinski definition) is 4. The van der Waals surface area contributed by atoms with Gasteiger partial charge in [0, 0.05) is 0 Å². The van der Waals surface area contributed by atoms with Gasteiger partial charge in [-0.2, -0.15) is 4.98 Å². The minimum Gasteiger partial charge on any atom is -0.383 e. The maximum Gasteiger partial charge on any atom is 0.348 e. The van der Waals surface area contributed by atoms with Gasteiger partial charge in [0.2, 0.25) is 0 Å². The molecule has 1 radical (unpaired) electrons. The summed E-state index contributed by atoms with van der Waals surface area (Å²) in [4.78, 5) is 22.8. The molecule has 0 aliphatic rings. The van der Waals surface area contributed by atoms with Crippen molar-refractivity contribution in [1.29, 1.82) is 0 Å². The third-order valence-electron chi connectivity index (χ3n) is 1.28. The molecule has 0 amide bonds. The summed E-state index contributed by atoms with van der Waals surface area (Å²) in [7, 11) is 0. The summed E-state index contributed by atoms with van der Waals surface area (Å²) in [5.74, 6) is 0.230. The van der Waals surface area contributed by atoms with Gasteiger partial charge in [0.25, 0.3) is 0 Å². The van der Waals surface area contributed by atoms with E-state index in [4.69, 9.17) is 5.73 Å². The van der Waals surface area contributed by atoms with E-state index in [0.717, 1.165) is 0 Å². The molecule has 2 rings (SSSR count). The molecule has 6 nitrogen and oxygen atoms in total. The molecule has 0 fully saturated rings. The van der Waals surface area contributed by atoms with Crippen LogP contribution in [0.3, 0.4) is 0 Å². The second-order valence-electron chi connectivity index (χ2n) is 2.00. The molecule has 0 aliphatic carbocycles. The molecule has 0 bridgehead atoms. The predicted molar refractivity (Wildman–Crippen MR) is 37.8 cm³/mol. The number of hydrogen-bond donors (Lipinski definition) is 3. The monoisotopic (exact) mass is 150 g/mol. The van der Waals surface area contributed by atoms with Crippen LogP contribution in [0, 0.1) is 6.33 Å². The number of imidazole rings is 1. The highest BCUT2D eigenvalue weighted by atomic mass is 16.1. The third kappa shape index (κ3) is 0.759. The standard InChI is InChI=1S/C5H4N5O/c6-3-2-4(8-1-7-2)10-5(11)9-3/h(H4,6,7,8,9,10,11). The first kappa shape index (κ1) is 5.90. The van der Waals surface area contributed by atoms with E-state index in [1.165, 1.54) is 0 Å². The van der Waals surface area contributed by atoms with Crippen LogP contribution in [0.15, 0.2) is 4.79 Å². The Balaban J connectivity index is 3.02. The van der Waals surface area contributed by atoms with Crippen molar-refractivity contribution < 1.29 is 0 Å². The summed E-state index contributed by atoms with van der Waals surface area (Å²) >= 11 is 0. The maximum absolute atomic E-state index is 10.7. The third-order valence-corrected chi connectivity index (χ3v) is 1.28. The second-order valence-corrected chi connectivity index (χ2v) is 2.00. The van der Waals surface area contributed by atoms with E-state index in [1.807, 2.05) is 0 Å². The van der Waals surface area contributed by atoms with Crippen LogP contribution in [0.4, 0.5) is 5.82 Å².